The molecule has 0 bridgehead atoms. The third-order valence-electron chi connectivity index (χ3n) is 3.71. The molecule has 0 amide bonds. The third kappa shape index (κ3) is 4.61. The Hall–Kier alpha value is -2.79. The molecule has 0 radical (unpaired) electrons. The molecule has 0 aliphatic carbocycles. The lowest BCUT2D eigenvalue weighted by Crippen LogP contribution is -2.08. The Morgan fingerprint density at radius 2 is 1.76 bits per heavy atom. The number of anilines is 4. The number of rotatable bonds is 6. The van der Waals surface area contributed by atoms with Gasteiger partial charge in [0.05, 0.1) is 0 Å². The molecule has 0 saturated heterocycles. The van der Waals surface area contributed by atoms with E-state index in [-0.39, 0.29) is 0 Å². The van der Waals surface area contributed by atoms with E-state index in [1.54, 1.807) is 6.20 Å². The van der Waals surface area contributed by atoms with E-state index in [0.29, 0.717) is 12.5 Å². The summed E-state index contributed by atoms with van der Waals surface area (Å²) in [5.41, 5.74) is 3.10. The maximum atomic E-state index is 6.18. The standard InChI is InChI=1S/C19H20ClN5/c1-25(2)16-9-7-15(8-10-16)23-19-21-12-11-18(24-19)22-13-14-5-3-4-6-17(14)20/h3-12H,13H2,1-2H3,(H2,21,22,23,24). The van der Waals surface area contributed by atoms with Crippen LogP contribution in [0.3, 0.4) is 0 Å². The highest BCUT2D eigenvalue weighted by Crippen LogP contribution is 2.20. The normalized spacial score (nSPS) is 10.4. The van der Waals surface area contributed by atoms with Gasteiger partial charge in [0.2, 0.25) is 5.95 Å². The van der Waals surface area contributed by atoms with Crippen LogP contribution in [0, 0.1) is 0 Å². The van der Waals surface area contributed by atoms with Crippen LogP contribution in [0.2, 0.25) is 5.02 Å². The first kappa shape index (κ1) is 17.0. The second-order valence-corrected chi connectivity index (χ2v) is 6.18. The van der Waals surface area contributed by atoms with Gasteiger partial charge >= 0.3 is 0 Å². The lowest BCUT2D eigenvalue weighted by molar-refractivity contribution is 1.08. The van der Waals surface area contributed by atoms with Crippen molar-refractivity contribution in [1.29, 1.82) is 0 Å². The van der Waals surface area contributed by atoms with Crippen molar-refractivity contribution in [1.82, 2.24) is 9.97 Å². The second-order valence-electron chi connectivity index (χ2n) is 5.78. The third-order valence-corrected chi connectivity index (χ3v) is 4.08. The number of benzene rings is 2. The number of halogens is 1. The van der Waals surface area contributed by atoms with Gasteiger partial charge in [0.25, 0.3) is 0 Å². The highest BCUT2D eigenvalue weighted by molar-refractivity contribution is 6.31. The summed E-state index contributed by atoms with van der Waals surface area (Å²) in [7, 11) is 4.03. The fourth-order valence-corrected chi connectivity index (χ4v) is 2.52. The molecule has 0 saturated carbocycles. The Bertz CT molecular complexity index is 833. The summed E-state index contributed by atoms with van der Waals surface area (Å²) in [5, 5.41) is 7.22. The van der Waals surface area contributed by atoms with Crippen molar-refractivity contribution in [3.63, 3.8) is 0 Å². The fraction of sp³-hybridized carbons (Fsp3) is 0.158. The average Bonchev–Trinajstić information content (AvgIpc) is 2.62. The number of hydrogen-bond donors (Lipinski definition) is 2. The van der Waals surface area contributed by atoms with Crippen molar-refractivity contribution in [3.05, 3.63) is 71.4 Å². The van der Waals surface area contributed by atoms with Gasteiger partial charge in [0.15, 0.2) is 0 Å². The molecular formula is C19H20ClN5. The predicted octanol–water partition coefficient (Wildman–Crippen LogP) is 4.55. The first-order chi connectivity index (χ1) is 12.1. The van der Waals surface area contributed by atoms with Crippen LogP contribution in [-0.2, 0) is 6.54 Å². The number of aromatic nitrogens is 2. The van der Waals surface area contributed by atoms with E-state index >= 15 is 0 Å². The Morgan fingerprint density at radius 3 is 2.48 bits per heavy atom. The van der Waals surface area contributed by atoms with Crippen LogP contribution in [0.15, 0.2) is 60.8 Å². The van der Waals surface area contributed by atoms with E-state index in [0.717, 1.165) is 27.8 Å². The average molecular weight is 354 g/mol. The Balaban J connectivity index is 1.66. The molecular weight excluding hydrogens is 334 g/mol. The summed E-state index contributed by atoms with van der Waals surface area (Å²) >= 11 is 6.18. The van der Waals surface area contributed by atoms with Crippen LogP contribution in [0.5, 0.6) is 0 Å². The van der Waals surface area contributed by atoms with Gasteiger partial charge in [-0.1, -0.05) is 29.8 Å². The zero-order chi connectivity index (χ0) is 17.6. The van der Waals surface area contributed by atoms with E-state index in [1.165, 1.54) is 0 Å². The molecule has 1 aromatic heterocycles. The quantitative estimate of drug-likeness (QED) is 0.680. The van der Waals surface area contributed by atoms with Gasteiger partial charge in [-0.2, -0.15) is 4.98 Å². The molecule has 1 heterocycles. The Morgan fingerprint density at radius 1 is 1.00 bits per heavy atom. The molecule has 0 spiro atoms. The number of hydrogen-bond acceptors (Lipinski definition) is 5. The lowest BCUT2D eigenvalue weighted by Gasteiger charge is -2.13. The van der Waals surface area contributed by atoms with Crippen molar-refractivity contribution in [2.24, 2.45) is 0 Å². The largest absolute Gasteiger partial charge is 0.378 e. The van der Waals surface area contributed by atoms with E-state index < -0.39 is 0 Å². The predicted molar refractivity (Wildman–Crippen MR) is 105 cm³/mol. The van der Waals surface area contributed by atoms with Gasteiger partial charge in [-0.15, -0.1) is 0 Å². The Kier molecular flexibility index (Phi) is 5.36. The molecule has 6 heteroatoms. The van der Waals surface area contributed by atoms with E-state index in [1.807, 2.05) is 68.7 Å². The molecule has 0 fully saturated rings. The summed E-state index contributed by atoms with van der Waals surface area (Å²) in [6.45, 7) is 0.605. The zero-order valence-corrected chi connectivity index (χ0v) is 15.0. The van der Waals surface area contributed by atoms with Crippen molar-refractivity contribution >= 4 is 34.7 Å². The van der Waals surface area contributed by atoms with Gasteiger partial charge in [-0.25, -0.2) is 4.98 Å². The van der Waals surface area contributed by atoms with Crippen molar-refractivity contribution in [2.75, 3.05) is 29.6 Å². The summed E-state index contributed by atoms with van der Waals surface area (Å²) in [5.74, 6) is 1.28. The molecule has 25 heavy (non-hydrogen) atoms. The van der Waals surface area contributed by atoms with Crippen molar-refractivity contribution < 1.29 is 0 Å². The summed E-state index contributed by atoms with van der Waals surface area (Å²) in [6.07, 6.45) is 1.72. The summed E-state index contributed by atoms with van der Waals surface area (Å²) in [4.78, 5) is 10.8. The van der Waals surface area contributed by atoms with Crippen LogP contribution in [0.25, 0.3) is 0 Å². The molecule has 3 aromatic rings. The SMILES string of the molecule is CN(C)c1ccc(Nc2nccc(NCc3ccccc3Cl)n2)cc1. The fourth-order valence-electron chi connectivity index (χ4n) is 2.32. The number of nitrogens with zero attached hydrogens (tertiary/aromatic N) is 3. The van der Waals surface area contributed by atoms with E-state index in [9.17, 15) is 0 Å². The van der Waals surface area contributed by atoms with Crippen LogP contribution >= 0.6 is 11.6 Å². The van der Waals surface area contributed by atoms with Gasteiger partial charge in [0, 0.05) is 43.2 Å². The maximum Gasteiger partial charge on any atom is 0.229 e. The minimum Gasteiger partial charge on any atom is -0.378 e. The van der Waals surface area contributed by atoms with Crippen LogP contribution in [0.1, 0.15) is 5.56 Å². The maximum absolute atomic E-state index is 6.18. The highest BCUT2D eigenvalue weighted by atomic mass is 35.5. The molecule has 3 rings (SSSR count). The van der Waals surface area contributed by atoms with Gasteiger partial charge in [0.1, 0.15) is 5.82 Å². The van der Waals surface area contributed by atoms with Crippen LogP contribution < -0.4 is 15.5 Å². The molecule has 0 atom stereocenters. The van der Waals surface area contributed by atoms with E-state index in [2.05, 4.69) is 25.5 Å². The second kappa shape index (κ2) is 7.85. The highest BCUT2D eigenvalue weighted by Gasteiger charge is 2.03. The smallest absolute Gasteiger partial charge is 0.229 e. The van der Waals surface area contributed by atoms with E-state index in [4.69, 9.17) is 11.6 Å². The summed E-state index contributed by atoms with van der Waals surface area (Å²) in [6, 6.07) is 17.7. The minimum absolute atomic E-state index is 0.543. The topological polar surface area (TPSA) is 53.1 Å². The minimum atomic E-state index is 0.543. The van der Waals surface area contributed by atoms with Crippen LogP contribution in [0.4, 0.5) is 23.1 Å². The lowest BCUT2D eigenvalue weighted by atomic mass is 10.2. The first-order valence-corrected chi connectivity index (χ1v) is 8.34. The Labute approximate surface area is 152 Å². The molecule has 5 nitrogen and oxygen atoms in total. The zero-order valence-electron chi connectivity index (χ0n) is 14.2. The van der Waals surface area contributed by atoms with Crippen molar-refractivity contribution in [3.8, 4) is 0 Å². The van der Waals surface area contributed by atoms with Gasteiger partial charge in [-0.05, 0) is 42.0 Å². The molecule has 2 aromatic carbocycles. The van der Waals surface area contributed by atoms with Gasteiger partial charge in [-0.3, -0.25) is 0 Å². The monoisotopic (exact) mass is 353 g/mol. The molecule has 0 aliphatic heterocycles. The van der Waals surface area contributed by atoms with Crippen molar-refractivity contribution in [2.45, 2.75) is 6.54 Å². The first-order valence-electron chi connectivity index (χ1n) is 7.96. The molecule has 128 valence electrons. The summed E-state index contributed by atoms with van der Waals surface area (Å²) < 4.78 is 0. The molecule has 0 aliphatic rings. The molecule has 0 unspecified atom stereocenters. The molecule has 2 N–H and O–H groups in total. The number of nitrogens with one attached hydrogen (secondary N) is 2. The van der Waals surface area contributed by atoms with Gasteiger partial charge < -0.3 is 15.5 Å². The van der Waals surface area contributed by atoms with Crippen LogP contribution in [-0.4, -0.2) is 24.1 Å².